The zero-order valence-corrected chi connectivity index (χ0v) is 12.5. The predicted molar refractivity (Wildman–Crippen MR) is 81.0 cm³/mol. The van der Waals surface area contributed by atoms with Crippen molar-refractivity contribution < 1.29 is 4.79 Å². The largest absolute Gasteiger partial charge is 0.385 e. The lowest BCUT2D eigenvalue weighted by Gasteiger charge is -2.07. The maximum absolute atomic E-state index is 12.0. The number of aryl methyl sites for hydroxylation is 1. The molecule has 0 spiro atoms. The molecule has 2 rings (SSSR count). The minimum Gasteiger partial charge on any atom is -0.385 e. The van der Waals surface area contributed by atoms with Crippen LogP contribution in [0.15, 0.2) is 23.7 Å². The molecule has 106 valence electrons. The van der Waals surface area contributed by atoms with Gasteiger partial charge in [0.2, 0.25) is 0 Å². The Hall–Kier alpha value is -1.95. The highest BCUT2D eigenvalue weighted by molar-refractivity contribution is 7.09. The van der Waals surface area contributed by atoms with Gasteiger partial charge in [-0.2, -0.15) is 0 Å². The number of aromatic nitrogens is 2. The number of pyridine rings is 1. The lowest BCUT2D eigenvalue weighted by Crippen LogP contribution is -2.24. The van der Waals surface area contributed by atoms with Crippen molar-refractivity contribution in [2.45, 2.75) is 26.8 Å². The van der Waals surface area contributed by atoms with Gasteiger partial charge in [-0.25, -0.2) is 4.98 Å². The van der Waals surface area contributed by atoms with Gasteiger partial charge >= 0.3 is 0 Å². The molecular weight excluding hydrogens is 272 g/mol. The summed E-state index contributed by atoms with van der Waals surface area (Å²) in [6.07, 6.45) is 2.67. The van der Waals surface area contributed by atoms with E-state index in [2.05, 4.69) is 27.5 Å². The fraction of sp³-hybridized carbons (Fsp3) is 0.357. The molecule has 6 heteroatoms. The minimum absolute atomic E-state index is 0.184. The molecule has 0 saturated heterocycles. The summed E-state index contributed by atoms with van der Waals surface area (Å²) in [6.45, 7) is 5.35. The van der Waals surface area contributed by atoms with Gasteiger partial charge in [0.05, 0.1) is 17.2 Å². The quantitative estimate of drug-likeness (QED) is 0.858. The first-order valence-corrected chi connectivity index (χ1v) is 7.46. The minimum atomic E-state index is -0.184. The van der Waals surface area contributed by atoms with Crippen molar-refractivity contribution in [3.63, 3.8) is 0 Å². The lowest BCUT2D eigenvalue weighted by molar-refractivity contribution is 0.0945. The molecule has 0 radical (unpaired) electrons. The first-order chi connectivity index (χ1) is 9.69. The summed E-state index contributed by atoms with van der Waals surface area (Å²) in [6, 6.07) is 3.62. The van der Waals surface area contributed by atoms with E-state index < -0.39 is 0 Å². The Balaban J connectivity index is 1.94. The molecule has 0 saturated carbocycles. The van der Waals surface area contributed by atoms with Crippen LogP contribution in [0.2, 0.25) is 0 Å². The van der Waals surface area contributed by atoms with Gasteiger partial charge in [0.15, 0.2) is 0 Å². The molecular formula is C14H18N4OS. The third kappa shape index (κ3) is 4.03. The average molecular weight is 290 g/mol. The van der Waals surface area contributed by atoms with E-state index in [0.29, 0.717) is 12.2 Å². The van der Waals surface area contributed by atoms with Crippen LogP contribution in [0.25, 0.3) is 0 Å². The zero-order valence-electron chi connectivity index (χ0n) is 11.6. The van der Waals surface area contributed by atoms with Crippen LogP contribution in [0.5, 0.6) is 0 Å². The Morgan fingerprint density at radius 2 is 2.30 bits per heavy atom. The van der Waals surface area contributed by atoms with Crippen molar-refractivity contribution in [3.05, 3.63) is 40.1 Å². The number of nitrogens with zero attached hydrogens (tertiary/aromatic N) is 2. The molecule has 0 fully saturated rings. The van der Waals surface area contributed by atoms with Gasteiger partial charge < -0.3 is 10.6 Å². The summed E-state index contributed by atoms with van der Waals surface area (Å²) >= 11 is 1.58. The normalized spacial score (nSPS) is 10.3. The van der Waals surface area contributed by atoms with Gasteiger partial charge in [0.25, 0.3) is 5.91 Å². The standard InChI is InChI=1S/C14H18N4OS/c1-3-5-15-11-4-6-16-13(7-11)14(19)17-8-12-9-20-10(2)18-12/h4,6-7,9H,3,5,8H2,1-2H3,(H,15,16)(H,17,19). The van der Waals surface area contributed by atoms with E-state index in [1.807, 2.05) is 18.4 Å². The summed E-state index contributed by atoms with van der Waals surface area (Å²) in [4.78, 5) is 20.4. The van der Waals surface area contributed by atoms with Crippen LogP contribution in [-0.2, 0) is 6.54 Å². The van der Waals surface area contributed by atoms with Crippen molar-refractivity contribution >= 4 is 22.9 Å². The van der Waals surface area contributed by atoms with Crippen LogP contribution < -0.4 is 10.6 Å². The summed E-state index contributed by atoms with van der Waals surface area (Å²) in [7, 11) is 0. The van der Waals surface area contributed by atoms with Gasteiger partial charge in [-0.05, 0) is 25.5 Å². The van der Waals surface area contributed by atoms with Crippen LogP contribution >= 0.6 is 11.3 Å². The van der Waals surface area contributed by atoms with E-state index in [1.165, 1.54) is 0 Å². The molecule has 0 atom stereocenters. The van der Waals surface area contributed by atoms with Crippen LogP contribution in [0.4, 0.5) is 5.69 Å². The number of hydrogen-bond donors (Lipinski definition) is 2. The molecule has 0 aliphatic heterocycles. The van der Waals surface area contributed by atoms with Gasteiger partial charge in [0.1, 0.15) is 5.69 Å². The maximum atomic E-state index is 12.0. The first-order valence-electron chi connectivity index (χ1n) is 6.58. The second-order valence-electron chi connectivity index (χ2n) is 4.40. The number of nitrogens with one attached hydrogen (secondary N) is 2. The van der Waals surface area contributed by atoms with E-state index in [4.69, 9.17) is 0 Å². The summed E-state index contributed by atoms with van der Waals surface area (Å²) in [5, 5.41) is 9.01. The smallest absolute Gasteiger partial charge is 0.270 e. The first kappa shape index (κ1) is 14.5. The van der Waals surface area contributed by atoms with E-state index >= 15 is 0 Å². The fourth-order valence-electron chi connectivity index (χ4n) is 1.68. The highest BCUT2D eigenvalue weighted by Crippen LogP contribution is 2.09. The predicted octanol–water partition coefficient (Wildman–Crippen LogP) is 2.60. The van der Waals surface area contributed by atoms with Gasteiger partial charge in [-0.3, -0.25) is 9.78 Å². The van der Waals surface area contributed by atoms with Crippen LogP contribution in [0.3, 0.4) is 0 Å². The van der Waals surface area contributed by atoms with E-state index in [0.717, 1.165) is 29.4 Å². The average Bonchev–Trinajstić information content (AvgIpc) is 2.88. The highest BCUT2D eigenvalue weighted by atomic mass is 32.1. The van der Waals surface area contributed by atoms with Crippen molar-refractivity contribution in [2.75, 3.05) is 11.9 Å². The van der Waals surface area contributed by atoms with Crippen molar-refractivity contribution in [1.29, 1.82) is 0 Å². The zero-order chi connectivity index (χ0) is 14.4. The molecule has 0 aliphatic rings. The van der Waals surface area contributed by atoms with Gasteiger partial charge in [-0.15, -0.1) is 11.3 Å². The number of carbonyl (C=O) groups is 1. The topological polar surface area (TPSA) is 66.9 Å². The van der Waals surface area contributed by atoms with Gasteiger partial charge in [0, 0.05) is 23.8 Å². The SMILES string of the molecule is CCCNc1ccnc(C(=O)NCc2csc(C)n2)c1. The number of amides is 1. The van der Waals surface area contributed by atoms with Crippen molar-refractivity contribution in [1.82, 2.24) is 15.3 Å². The molecule has 0 unspecified atom stereocenters. The lowest BCUT2D eigenvalue weighted by atomic mass is 10.3. The molecule has 0 aromatic carbocycles. The number of rotatable bonds is 6. The Morgan fingerprint density at radius 1 is 1.45 bits per heavy atom. The number of thiazole rings is 1. The number of hydrogen-bond acceptors (Lipinski definition) is 5. The molecule has 5 nitrogen and oxygen atoms in total. The number of carbonyl (C=O) groups excluding carboxylic acids is 1. The third-order valence-corrected chi connectivity index (χ3v) is 3.49. The van der Waals surface area contributed by atoms with Crippen LogP contribution in [0.1, 0.15) is 34.5 Å². The van der Waals surface area contributed by atoms with Crippen LogP contribution in [-0.4, -0.2) is 22.4 Å². The van der Waals surface area contributed by atoms with E-state index in [1.54, 1.807) is 23.6 Å². The number of anilines is 1. The third-order valence-electron chi connectivity index (χ3n) is 2.67. The molecule has 0 aliphatic carbocycles. The maximum Gasteiger partial charge on any atom is 0.270 e. The summed E-state index contributed by atoms with van der Waals surface area (Å²) in [5.74, 6) is -0.184. The molecule has 2 heterocycles. The molecule has 2 N–H and O–H groups in total. The summed E-state index contributed by atoms with van der Waals surface area (Å²) in [5.41, 5.74) is 2.20. The van der Waals surface area contributed by atoms with Crippen LogP contribution in [0, 0.1) is 6.92 Å². The van der Waals surface area contributed by atoms with Crippen molar-refractivity contribution in [3.8, 4) is 0 Å². The Bertz CT molecular complexity index is 582. The molecule has 20 heavy (non-hydrogen) atoms. The Labute approximate surface area is 122 Å². The molecule has 2 aromatic rings. The second kappa shape index (κ2) is 7.00. The Morgan fingerprint density at radius 3 is 3.00 bits per heavy atom. The summed E-state index contributed by atoms with van der Waals surface area (Å²) < 4.78 is 0. The highest BCUT2D eigenvalue weighted by Gasteiger charge is 2.08. The molecule has 1 amide bonds. The fourth-order valence-corrected chi connectivity index (χ4v) is 2.30. The monoisotopic (exact) mass is 290 g/mol. The van der Waals surface area contributed by atoms with Gasteiger partial charge in [-0.1, -0.05) is 6.92 Å². The second-order valence-corrected chi connectivity index (χ2v) is 5.46. The van der Waals surface area contributed by atoms with E-state index in [-0.39, 0.29) is 5.91 Å². The molecule has 2 aromatic heterocycles. The molecule has 0 bridgehead atoms. The van der Waals surface area contributed by atoms with Crippen molar-refractivity contribution in [2.24, 2.45) is 0 Å². The Kier molecular flexibility index (Phi) is 5.06. The van der Waals surface area contributed by atoms with E-state index in [9.17, 15) is 4.79 Å².